The van der Waals surface area contributed by atoms with Crippen LogP contribution in [-0.4, -0.2) is 24.5 Å². The van der Waals surface area contributed by atoms with Crippen LogP contribution >= 0.6 is 11.6 Å². The Morgan fingerprint density at radius 1 is 1.20 bits per heavy atom. The number of aromatic nitrogens is 2. The molecule has 0 radical (unpaired) electrons. The summed E-state index contributed by atoms with van der Waals surface area (Å²) >= 11 is 5.84. The Labute approximate surface area is 147 Å². The summed E-state index contributed by atoms with van der Waals surface area (Å²) in [6.07, 6.45) is 1.36. The first kappa shape index (κ1) is 17.2. The fourth-order valence-electron chi connectivity index (χ4n) is 1.99. The third-order valence-corrected chi connectivity index (χ3v) is 4.75. The lowest BCUT2D eigenvalue weighted by Crippen LogP contribution is -2.22. The van der Waals surface area contributed by atoms with Gasteiger partial charge in [-0.2, -0.15) is 0 Å². The van der Waals surface area contributed by atoms with Gasteiger partial charge in [0.15, 0.2) is 5.76 Å². The molecule has 0 aliphatic rings. The number of hydrogen-bond donors (Lipinski definition) is 1. The van der Waals surface area contributed by atoms with Gasteiger partial charge in [0.05, 0.1) is 18.6 Å². The summed E-state index contributed by atoms with van der Waals surface area (Å²) in [7, 11) is -3.82. The molecule has 2 heterocycles. The topological polar surface area (TPSA) is 115 Å². The number of furan rings is 1. The van der Waals surface area contributed by atoms with Gasteiger partial charge in [-0.3, -0.25) is 4.79 Å². The number of carbonyl (C=O) groups excluding carboxylic acids is 1. The molecule has 2 aromatic heterocycles. The summed E-state index contributed by atoms with van der Waals surface area (Å²) in [4.78, 5) is 11.7. The van der Waals surface area contributed by atoms with Crippen molar-refractivity contribution >= 4 is 27.3 Å². The van der Waals surface area contributed by atoms with Crippen molar-refractivity contribution in [3.8, 4) is 0 Å². The average Bonchev–Trinajstić information content (AvgIpc) is 3.24. The summed E-state index contributed by atoms with van der Waals surface area (Å²) in [6.45, 7) is -0.126. The van der Waals surface area contributed by atoms with Crippen molar-refractivity contribution in [1.29, 1.82) is 0 Å². The first-order valence-corrected chi connectivity index (χ1v) is 9.08. The third-order valence-electron chi connectivity index (χ3n) is 3.11. The molecule has 1 N–H and O–H groups in total. The molecule has 0 saturated heterocycles. The van der Waals surface area contributed by atoms with Crippen LogP contribution < -0.4 is 5.32 Å². The Kier molecular flexibility index (Phi) is 4.86. The fraction of sp³-hybridized carbons (Fsp3) is 0.133. The molecule has 0 aliphatic heterocycles. The molecular weight excluding hydrogens is 370 g/mol. The van der Waals surface area contributed by atoms with Gasteiger partial charge in [-0.05, 0) is 29.8 Å². The maximum absolute atomic E-state index is 12.3. The molecule has 10 heteroatoms. The van der Waals surface area contributed by atoms with Crippen LogP contribution in [0.15, 0.2) is 56.7 Å². The first-order chi connectivity index (χ1) is 11.9. The summed E-state index contributed by atoms with van der Waals surface area (Å²) in [5, 5.41) is 9.56. The van der Waals surface area contributed by atoms with Crippen molar-refractivity contribution in [2.45, 2.75) is 17.5 Å². The Balaban J connectivity index is 1.66. The van der Waals surface area contributed by atoms with Crippen LogP contribution in [0.2, 0.25) is 5.02 Å². The fourth-order valence-corrected chi connectivity index (χ4v) is 3.34. The second-order valence-corrected chi connectivity index (χ2v) is 7.31. The molecule has 0 saturated carbocycles. The molecule has 0 spiro atoms. The van der Waals surface area contributed by atoms with Crippen molar-refractivity contribution in [3.05, 3.63) is 64.9 Å². The van der Waals surface area contributed by atoms with Crippen molar-refractivity contribution in [3.63, 3.8) is 0 Å². The number of halogens is 1. The lowest BCUT2D eigenvalue weighted by Gasteiger charge is -2.01. The highest BCUT2D eigenvalue weighted by atomic mass is 35.5. The van der Waals surface area contributed by atoms with Gasteiger partial charge in [-0.15, -0.1) is 5.10 Å². The largest absolute Gasteiger partial charge is 0.459 e. The Bertz CT molecular complexity index is 982. The number of sulfone groups is 1. The van der Waals surface area contributed by atoms with Crippen molar-refractivity contribution < 1.29 is 22.0 Å². The van der Waals surface area contributed by atoms with Crippen LogP contribution in [0.3, 0.4) is 0 Å². The van der Waals surface area contributed by atoms with Gasteiger partial charge in [0, 0.05) is 5.02 Å². The zero-order valence-corrected chi connectivity index (χ0v) is 14.2. The quantitative estimate of drug-likeness (QED) is 0.695. The van der Waals surface area contributed by atoms with E-state index >= 15 is 0 Å². The van der Waals surface area contributed by atoms with E-state index in [1.807, 2.05) is 0 Å². The van der Waals surface area contributed by atoms with E-state index in [1.165, 1.54) is 12.3 Å². The molecule has 0 aliphatic carbocycles. The Morgan fingerprint density at radius 3 is 2.76 bits per heavy atom. The second-order valence-electron chi connectivity index (χ2n) is 5.01. The number of nitrogens with zero attached hydrogens (tertiary/aromatic N) is 2. The summed E-state index contributed by atoms with van der Waals surface area (Å²) in [5.74, 6) is -0.724. The minimum absolute atomic E-state index is 0.0374. The van der Waals surface area contributed by atoms with Crippen molar-refractivity contribution in [2.24, 2.45) is 0 Å². The molecule has 0 bridgehead atoms. The van der Waals surface area contributed by atoms with Crippen LogP contribution in [0.5, 0.6) is 0 Å². The van der Waals surface area contributed by atoms with Crippen LogP contribution in [0.1, 0.15) is 22.0 Å². The summed E-state index contributed by atoms with van der Waals surface area (Å²) < 4.78 is 34.7. The number of amides is 1. The first-order valence-electron chi connectivity index (χ1n) is 7.05. The Hall–Kier alpha value is -2.65. The predicted molar refractivity (Wildman–Crippen MR) is 86.5 cm³/mol. The van der Waals surface area contributed by atoms with E-state index in [0.29, 0.717) is 10.6 Å². The number of rotatable bonds is 6. The normalized spacial score (nSPS) is 11.4. The number of hydrogen-bond acceptors (Lipinski definition) is 7. The molecule has 1 aromatic carbocycles. The highest BCUT2D eigenvalue weighted by molar-refractivity contribution is 7.90. The van der Waals surface area contributed by atoms with E-state index in [2.05, 4.69) is 15.5 Å². The maximum Gasteiger partial charge on any atom is 0.335 e. The molecule has 130 valence electrons. The van der Waals surface area contributed by atoms with Gasteiger partial charge >= 0.3 is 5.22 Å². The molecule has 8 nitrogen and oxygen atoms in total. The predicted octanol–water partition coefficient (Wildman–Crippen LogP) is 2.22. The van der Waals surface area contributed by atoms with Gasteiger partial charge in [-0.25, -0.2) is 8.42 Å². The van der Waals surface area contributed by atoms with Crippen LogP contribution in [0.25, 0.3) is 0 Å². The van der Waals surface area contributed by atoms with Gasteiger partial charge in [0.25, 0.3) is 5.91 Å². The van der Waals surface area contributed by atoms with Gasteiger partial charge in [0.2, 0.25) is 15.7 Å². The minimum atomic E-state index is -3.82. The van der Waals surface area contributed by atoms with Gasteiger partial charge in [0.1, 0.15) is 0 Å². The van der Waals surface area contributed by atoms with E-state index in [9.17, 15) is 13.2 Å². The van der Waals surface area contributed by atoms with E-state index in [1.54, 1.807) is 30.3 Å². The molecule has 25 heavy (non-hydrogen) atoms. The zero-order valence-electron chi connectivity index (χ0n) is 12.7. The monoisotopic (exact) mass is 381 g/mol. The van der Waals surface area contributed by atoms with Crippen molar-refractivity contribution in [2.75, 3.05) is 0 Å². The lowest BCUT2D eigenvalue weighted by atomic mass is 10.2. The molecule has 3 rings (SSSR count). The lowest BCUT2D eigenvalue weighted by molar-refractivity contribution is 0.0919. The molecule has 0 fully saturated rings. The SMILES string of the molecule is O=C(NCc1nnc(S(=O)(=O)Cc2cccc(Cl)c2)o1)c1ccco1. The van der Waals surface area contributed by atoms with E-state index in [-0.39, 0.29) is 23.9 Å². The number of carbonyl (C=O) groups is 1. The molecule has 0 unspecified atom stereocenters. The zero-order chi connectivity index (χ0) is 17.9. The summed E-state index contributed by atoms with van der Waals surface area (Å²) in [6, 6.07) is 9.52. The molecule has 0 atom stereocenters. The molecule has 1 amide bonds. The minimum Gasteiger partial charge on any atom is -0.459 e. The average molecular weight is 382 g/mol. The second kappa shape index (κ2) is 7.08. The number of nitrogens with one attached hydrogen (secondary N) is 1. The van der Waals surface area contributed by atoms with Crippen molar-refractivity contribution in [1.82, 2.24) is 15.5 Å². The maximum atomic E-state index is 12.3. The number of benzene rings is 1. The van der Waals surface area contributed by atoms with E-state index in [4.69, 9.17) is 20.4 Å². The molecular formula is C15H12ClN3O5S. The molecule has 3 aromatic rings. The van der Waals surface area contributed by atoms with E-state index < -0.39 is 21.0 Å². The third kappa shape index (κ3) is 4.25. The van der Waals surface area contributed by atoms with Gasteiger partial charge in [-0.1, -0.05) is 28.8 Å². The van der Waals surface area contributed by atoms with Crippen LogP contribution in [0.4, 0.5) is 0 Å². The van der Waals surface area contributed by atoms with Gasteiger partial charge < -0.3 is 14.2 Å². The summed E-state index contributed by atoms with van der Waals surface area (Å²) in [5.41, 5.74) is 0.498. The Morgan fingerprint density at radius 2 is 2.04 bits per heavy atom. The smallest absolute Gasteiger partial charge is 0.335 e. The highest BCUT2D eigenvalue weighted by Gasteiger charge is 2.23. The van der Waals surface area contributed by atoms with Crippen LogP contribution in [-0.2, 0) is 22.1 Å². The standard InChI is InChI=1S/C15H12ClN3O5S/c16-11-4-1-3-10(7-11)9-25(21,22)15-19-18-13(24-15)8-17-14(20)12-5-2-6-23-12/h1-7H,8-9H2,(H,17,20). The highest BCUT2D eigenvalue weighted by Crippen LogP contribution is 2.18. The van der Waals surface area contributed by atoms with Crippen LogP contribution in [0, 0.1) is 0 Å². The van der Waals surface area contributed by atoms with E-state index in [0.717, 1.165) is 0 Å².